The zero-order valence-electron chi connectivity index (χ0n) is 12.9. The van der Waals surface area contributed by atoms with Crippen molar-refractivity contribution >= 4 is 0 Å². The normalized spacial score (nSPS) is 19.4. The predicted molar refractivity (Wildman–Crippen MR) is 81.7 cm³/mol. The number of nitrogens with zero attached hydrogens (tertiary/aromatic N) is 4. The van der Waals surface area contributed by atoms with Gasteiger partial charge in [-0.2, -0.15) is 5.10 Å². The molecule has 0 spiro atoms. The molecule has 114 valence electrons. The van der Waals surface area contributed by atoms with E-state index >= 15 is 0 Å². The molecular formula is C16H24N4O. The maximum Gasteiger partial charge on any atom is 0.0534 e. The molecule has 1 aliphatic heterocycles. The number of ether oxygens (including phenoxy) is 1. The van der Waals surface area contributed by atoms with E-state index < -0.39 is 0 Å². The molecular weight excluding hydrogens is 264 g/mol. The number of hydrogen-bond acceptors (Lipinski definition) is 3. The molecule has 3 heterocycles. The summed E-state index contributed by atoms with van der Waals surface area (Å²) in [4.78, 5) is 2.52. The molecule has 0 radical (unpaired) electrons. The number of aryl methyl sites for hydroxylation is 1. The molecule has 0 aliphatic carbocycles. The van der Waals surface area contributed by atoms with Crippen molar-refractivity contribution in [2.45, 2.75) is 26.1 Å². The Hall–Kier alpha value is -1.59. The topological polar surface area (TPSA) is 35.2 Å². The molecule has 2 aromatic heterocycles. The standard InChI is InChI=1S/C16H24N4O/c1-18-9-15(8-17-18)11-19-10-14(5-7-21-2)12-20-6-3-4-16(20)13-19/h3-4,6,8-9,14H,5,7,10-13H2,1-2H3/t14-/m1/s1. The summed E-state index contributed by atoms with van der Waals surface area (Å²) in [6.45, 7) is 5.01. The predicted octanol–water partition coefficient (Wildman–Crippen LogP) is 1.89. The van der Waals surface area contributed by atoms with E-state index in [2.05, 4.69) is 39.1 Å². The Morgan fingerprint density at radius 2 is 2.29 bits per heavy atom. The molecule has 0 amide bonds. The van der Waals surface area contributed by atoms with Crippen molar-refractivity contribution in [1.82, 2.24) is 19.2 Å². The average molecular weight is 288 g/mol. The third-order valence-corrected chi connectivity index (χ3v) is 4.18. The average Bonchev–Trinajstić information content (AvgIpc) is 3.02. The van der Waals surface area contributed by atoms with Gasteiger partial charge >= 0.3 is 0 Å². The molecule has 5 heteroatoms. The van der Waals surface area contributed by atoms with Gasteiger partial charge in [0.05, 0.1) is 6.20 Å². The summed E-state index contributed by atoms with van der Waals surface area (Å²) in [5.74, 6) is 0.635. The van der Waals surface area contributed by atoms with Gasteiger partial charge in [-0.25, -0.2) is 0 Å². The summed E-state index contributed by atoms with van der Waals surface area (Å²) >= 11 is 0. The van der Waals surface area contributed by atoms with Crippen LogP contribution in [-0.4, -0.2) is 39.5 Å². The van der Waals surface area contributed by atoms with E-state index in [0.717, 1.165) is 39.2 Å². The number of rotatable bonds is 5. The zero-order chi connectivity index (χ0) is 14.7. The lowest BCUT2D eigenvalue weighted by atomic mass is 10.1. The van der Waals surface area contributed by atoms with Crippen molar-refractivity contribution in [3.8, 4) is 0 Å². The Morgan fingerprint density at radius 1 is 1.38 bits per heavy atom. The van der Waals surface area contributed by atoms with Crippen molar-refractivity contribution in [2.75, 3.05) is 20.3 Å². The minimum atomic E-state index is 0.635. The maximum atomic E-state index is 5.27. The summed E-state index contributed by atoms with van der Waals surface area (Å²) in [6.07, 6.45) is 7.38. The molecule has 0 saturated carbocycles. The maximum absolute atomic E-state index is 5.27. The Morgan fingerprint density at radius 3 is 3.05 bits per heavy atom. The Balaban J connectivity index is 1.73. The van der Waals surface area contributed by atoms with Crippen LogP contribution >= 0.6 is 0 Å². The van der Waals surface area contributed by atoms with Crippen LogP contribution in [0.5, 0.6) is 0 Å². The van der Waals surface area contributed by atoms with Crippen molar-refractivity contribution in [3.05, 3.63) is 42.0 Å². The van der Waals surface area contributed by atoms with Gasteiger partial charge in [-0.1, -0.05) is 0 Å². The third-order valence-electron chi connectivity index (χ3n) is 4.18. The van der Waals surface area contributed by atoms with E-state index in [4.69, 9.17) is 4.74 Å². The van der Waals surface area contributed by atoms with Gasteiger partial charge in [-0.15, -0.1) is 0 Å². The van der Waals surface area contributed by atoms with E-state index in [0.29, 0.717) is 5.92 Å². The van der Waals surface area contributed by atoms with Crippen LogP contribution in [0.4, 0.5) is 0 Å². The molecule has 0 saturated heterocycles. The summed E-state index contributed by atoms with van der Waals surface area (Å²) in [5.41, 5.74) is 2.68. The highest BCUT2D eigenvalue weighted by atomic mass is 16.5. The molecule has 2 aromatic rings. The van der Waals surface area contributed by atoms with Gasteiger partial charge in [0, 0.05) is 70.6 Å². The van der Waals surface area contributed by atoms with E-state index in [1.165, 1.54) is 11.3 Å². The van der Waals surface area contributed by atoms with Gasteiger partial charge in [-0.3, -0.25) is 9.58 Å². The lowest BCUT2D eigenvalue weighted by Crippen LogP contribution is -2.28. The Kier molecular flexibility index (Phi) is 4.41. The van der Waals surface area contributed by atoms with Gasteiger partial charge in [0.15, 0.2) is 0 Å². The van der Waals surface area contributed by atoms with Gasteiger partial charge < -0.3 is 9.30 Å². The molecule has 0 unspecified atom stereocenters. The zero-order valence-corrected chi connectivity index (χ0v) is 12.9. The highest BCUT2D eigenvalue weighted by molar-refractivity contribution is 5.10. The second kappa shape index (κ2) is 6.45. The van der Waals surface area contributed by atoms with Gasteiger partial charge in [0.1, 0.15) is 0 Å². The first-order chi connectivity index (χ1) is 10.2. The number of hydrogen-bond donors (Lipinski definition) is 0. The summed E-state index contributed by atoms with van der Waals surface area (Å²) in [7, 11) is 3.75. The van der Waals surface area contributed by atoms with E-state index in [1.807, 2.05) is 17.9 Å². The fourth-order valence-electron chi connectivity index (χ4n) is 3.17. The molecule has 21 heavy (non-hydrogen) atoms. The second-order valence-corrected chi connectivity index (χ2v) is 5.99. The van der Waals surface area contributed by atoms with Crippen molar-refractivity contribution in [3.63, 3.8) is 0 Å². The fraction of sp³-hybridized carbons (Fsp3) is 0.562. The third kappa shape index (κ3) is 3.54. The summed E-state index contributed by atoms with van der Waals surface area (Å²) < 4.78 is 9.54. The molecule has 1 atom stereocenters. The highest BCUT2D eigenvalue weighted by Gasteiger charge is 2.21. The van der Waals surface area contributed by atoms with Gasteiger partial charge in [0.25, 0.3) is 0 Å². The molecule has 0 N–H and O–H groups in total. The molecule has 0 bridgehead atoms. The molecule has 0 aromatic carbocycles. The van der Waals surface area contributed by atoms with Crippen LogP contribution in [-0.2, 0) is 31.4 Å². The fourth-order valence-corrected chi connectivity index (χ4v) is 3.17. The van der Waals surface area contributed by atoms with E-state index in [9.17, 15) is 0 Å². The van der Waals surface area contributed by atoms with Gasteiger partial charge in [-0.05, 0) is 24.5 Å². The van der Waals surface area contributed by atoms with Crippen LogP contribution < -0.4 is 0 Å². The van der Waals surface area contributed by atoms with Crippen LogP contribution in [0.2, 0.25) is 0 Å². The summed E-state index contributed by atoms with van der Waals surface area (Å²) in [5, 5.41) is 4.27. The highest BCUT2D eigenvalue weighted by Crippen LogP contribution is 2.21. The smallest absolute Gasteiger partial charge is 0.0534 e. The molecule has 3 rings (SSSR count). The SMILES string of the molecule is COCC[C@@H]1CN(Cc2cnn(C)c2)Cc2cccn2C1. The molecule has 1 aliphatic rings. The summed E-state index contributed by atoms with van der Waals surface area (Å²) in [6, 6.07) is 4.38. The van der Waals surface area contributed by atoms with Crippen LogP contribution in [0.1, 0.15) is 17.7 Å². The lowest BCUT2D eigenvalue weighted by molar-refractivity contribution is 0.151. The second-order valence-electron chi connectivity index (χ2n) is 5.99. The first-order valence-electron chi connectivity index (χ1n) is 7.57. The monoisotopic (exact) mass is 288 g/mol. The first-order valence-corrected chi connectivity index (χ1v) is 7.57. The lowest BCUT2D eigenvalue weighted by Gasteiger charge is -2.23. The van der Waals surface area contributed by atoms with Crippen LogP contribution in [0.3, 0.4) is 0 Å². The number of methoxy groups -OCH3 is 1. The molecule has 0 fully saturated rings. The minimum Gasteiger partial charge on any atom is -0.385 e. The number of fused-ring (bicyclic) bond motifs is 1. The van der Waals surface area contributed by atoms with Crippen molar-refractivity contribution in [1.29, 1.82) is 0 Å². The number of aromatic nitrogens is 3. The Labute approximate surface area is 126 Å². The van der Waals surface area contributed by atoms with Crippen molar-refractivity contribution < 1.29 is 4.74 Å². The van der Waals surface area contributed by atoms with Crippen LogP contribution in [0.25, 0.3) is 0 Å². The quantitative estimate of drug-likeness (QED) is 0.843. The van der Waals surface area contributed by atoms with E-state index in [1.54, 1.807) is 7.11 Å². The van der Waals surface area contributed by atoms with Crippen LogP contribution in [0, 0.1) is 5.92 Å². The van der Waals surface area contributed by atoms with Crippen molar-refractivity contribution in [2.24, 2.45) is 13.0 Å². The minimum absolute atomic E-state index is 0.635. The van der Waals surface area contributed by atoms with Gasteiger partial charge in [0.2, 0.25) is 0 Å². The van der Waals surface area contributed by atoms with Crippen LogP contribution in [0.15, 0.2) is 30.7 Å². The Bertz CT molecular complexity index is 574. The van der Waals surface area contributed by atoms with E-state index in [-0.39, 0.29) is 0 Å². The largest absolute Gasteiger partial charge is 0.385 e. The first kappa shape index (κ1) is 14.4. The molecule has 5 nitrogen and oxygen atoms in total.